The molecule has 6 heteroatoms. The van der Waals surface area contributed by atoms with Crippen molar-refractivity contribution in [2.24, 2.45) is 5.11 Å². The molecule has 0 atom stereocenters. The van der Waals surface area contributed by atoms with Crippen LogP contribution in [0.25, 0.3) is 10.4 Å². The Bertz CT molecular complexity index is 487. The van der Waals surface area contributed by atoms with Gasteiger partial charge in [0.1, 0.15) is 0 Å². The van der Waals surface area contributed by atoms with Gasteiger partial charge in [0.2, 0.25) is 0 Å². The number of azide groups is 1. The van der Waals surface area contributed by atoms with Gasteiger partial charge in [0.05, 0.1) is 5.75 Å². The third kappa shape index (κ3) is 4.82. The molecule has 0 saturated carbocycles. The summed E-state index contributed by atoms with van der Waals surface area (Å²) in [6.45, 7) is 0.419. The largest absolute Gasteiger partial charge is 0.229 e. The molecule has 0 amide bonds. The van der Waals surface area contributed by atoms with Crippen LogP contribution in [-0.2, 0) is 22.0 Å². The van der Waals surface area contributed by atoms with Crippen LogP contribution < -0.4 is 0 Å². The summed E-state index contributed by atoms with van der Waals surface area (Å²) in [6, 6.07) is 7.28. The Morgan fingerprint density at radius 2 is 1.81 bits per heavy atom. The fourth-order valence-corrected chi connectivity index (χ4v) is 2.13. The molecule has 16 heavy (non-hydrogen) atoms. The van der Waals surface area contributed by atoms with Gasteiger partial charge in [0.25, 0.3) is 0 Å². The van der Waals surface area contributed by atoms with E-state index in [-0.39, 0.29) is 5.75 Å². The van der Waals surface area contributed by atoms with Crippen LogP contribution in [0.3, 0.4) is 0 Å². The molecule has 0 aromatic heterocycles. The van der Waals surface area contributed by atoms with E-state index in [4.69, 9.17) is 5.53 Å². The Balaban J connectivity index is 2.64. The number of hydrogen-bond acceptors (Lipinski definition) is 3. The van der Waals surface area contributed by atoms with Crippen LogP contribution in [0.1, 0.15) is 11.1 Å². The Morgan fingerprint density at radius 1 is 1.25 bits per heavy atom. The topological polar surface area (TPSA) is 82.9 Å². The lowest BCUT2D eigenvalue weighted by atomic mass is 10.1. The van der Waals surface area contributed by atoms with E-state index in [9.17, 15) is 8.42 Å². The first-order valence-corrected chi connectivity index (χ1v) is 6.84. The minimum absolute atomic E-state index is 0.0592. The van der Waals surface area contributed by atoms with Crippen molar-refractivity contribution < 1.29 is 8.42 Å². The second-order valence-corrected chi connectivity index (χ2v) is 5.73. The zero-order chi connectivity index (χ0) is 12.0. The summed E-state index contributed by atoms with van der Waals surface area (Å²) in [5, 5.41) is 3.43. The van der Waals surface area contributed by atoms with Crippen molar-refractivity contribution in [3.63, 3.8) is 0 Å². The summed E-state index contributed by atoms with van der Waals surface area (Å²) < 4.78 is 22.1. The summed E-state index contributed by atoms with van der Waals surface area (Å²) in [7, 11) is -2.98. The third-order valence-electron chi connectivity index (χ3n) is 2.02. The molecule has 0 spiro atoms. The summed E-state index contributed by atoms with van der Waals surface area (Å²) in [4.78, 5) is 2.66. The van der Waals surface area contributed by atoms with Crippen LogP contribution in [0.2, 0.25) is 0 Å². The summed E-state index contributed by atoms with van der Waals surface area (Å²) in [5.41, 5.74) is 9.91. The maximum Gasteiger partial charge on any atom is 0.151 e. The third-order valence-corrected chi connectivity index (χ3v) is 2.87. The molecule has 0 aliphatic rings. The van der Waals surface area contributed by atoms with Crippen molar-refractivity contribution >= 4 is 9.84 Å². The van der Waals surface area contributed by atoms with Gasteiger partial charge in [-0.1, -0.05) is 29.4 Å². The minimum atomic E-state index is -2.98. The lowest BCUT2D eigenvalue weighted by Gasteiger charge is -2.01. The summed E-state index contributed by atoms with van der Waals surface area (Å²) in [5.74, 6) is 0.0592. The van der Waals surface area contributed by atoms with Gasteiger partial charge in [-0.15, -0.1) is 0 Å². The predicted molar refractivity (Wildman–Crippen MR) is 62.7 cm³/mol. The first-order chi connectivity index (χ1) is 7.51. The van der Waals surface area contributed by atoms with Gasteiger partial charge in [-0.05, 0) is 23.1 Å². The summed E-state index contributed by atoms with van der Waals surface area (Å²) in [6.07, 6.45) is 1.88. The Hall–Kier alpha value is -1.52. The monoisotopic (exact) mass is 239 g/mol. The lowest BCUT2D eigenvalue weighted by Crippen LogP contribution is -2.00. The smallest absolute Gasteiger partial charge is 0.151 e. The quantitative estimate of drug-likeness (QED) is 0.447. The van der Waals surface area contributed by atoms with Crippen LogP contribution in [-0.4, -0.2) is 21.2 Å². The van der Waals surface area contributed by atoms with E-state index in [1.54, 1.807) is 12.1 Å². The Labute approximate surface area is 94.7 Å². The molecule has 5 nitrogen and oxygen atoms in total. The van der Waals surface area contributed by atoms with Gasteiger partial charge in [-0.25, -0.2) is 8.42 Å². The maximum atomic E-state index is 11.0. The van der Waals surface area contributed by atoms with Crippen LogP contribution in [0.4, 0.5) is 0 Å². The number of benzene rings is 1. The van der Waals surface area contributed by atoms with Crippen LogP contribution in [0.5, 0.6) is 0 Å². The van der Waals surface area contributed by atoms with E-state index in [0.717, 1.165) is 11.1 Å². The van der Waals surface area contributed by atoms with E-state index in [1.807, 2.05) is 12.1 Å². The average Bonchev–Trinajstić information content (AvgIpc) is 2.19. The van der Waals surface area contributed by atoms with Crippen LogP contribution in [0.15, 0.2) is 29.4 Å². The molecular weight excluding hydrogens is 226 g/mol. The molecule has 86 valence electrons. The Kier molecular flexibility index (Phi) is 4.34. The molecular formula is C10H13N3O2S. The molecule has 1 aromatic carbocycles. The first kappa shape index (κ1) is 12.5. The molecule has 0 saturated heterocycles. The van der Waals surface area contributed by atoms with Crippen LogP contribution >= 0.6 is 0 Å². The zero-order valence-electron chi connectivity index (χ0n) is 9.00. The molecule has 0 heterocycles. The van der Waals surface area contributed by atoms with E-state index in [1.165, 1.54) is 6.26 Å². The van der Waals surface area contributed by atoms with Gasteiger partial charge >= 0.3 is 0 Å². The molecule has 0 fully saturated rings. The predicted octanol–water partition coefficient (Wildman–Crippen LogP) is 2.08. The van der Waals surface area contributed by atoms with Crippen molar-refractivity contribution in [2.45, 2.75) is 12.2 Å². The molecule has 1 rings (SSSR count). The molecule has 0 unspecified atom stereocenters. The van der Waals surface area contributed by atoms with Crippen LogP contribution in [0, 0.1) is 0 Å². The van der Waals surface area contributed by atoms with Gasteiger partial charge in [0.15, 0.2) is 9.84 Å². The standard InChI is InChI=1S/C10H13N3O2S/c1-16(14,15)8-10-4-2-9(3-5-10)6-7-12-13-11/h2-5H,6-8H2,1H3. The normalized spacial score (nSPS) is 10.8. The van der Waals surface area contributed by atoms with E-state index in [2.05, 4.69) is 10.0 Å². The SMILES string of the molecule is CS(=O)(=O)Cc1ccc(CCN=[N+]=[N-])cc1. The highest BCUT2D eigenvalue weighted by Crippen LogP contribution is 2.08. The second-order valence-electron chi connectivity index (χ2n) is 3.59. The highest BCUT2D eigenvalue weighted by atomic mass is 32.2. The van der Waals surface area contributed by atoms with Gasteiger partial charge < -0.3 is 0 Å². The van der Waals surface area contributed by atoms with Crippen molar-refractivity contribution in [3.8, 4) is 0 Å². The van der Waals surface area contributed by atoms with Gasteiger partial charge in [0, 0.05) is 17.7 Å². The van der Waals surface area contributed by atoms with E-state index >= 15 is 0 Å². The molecule has 0 aliphatic heterocycles. The van der Waals surface area contributed by atoms with E-state index in [0.29, 0.717) is 13.0 Å². The second kappa shape index (κ2) is 5.53. The molecule has 0 N–H and O–H groups in total. The summed E-state index contributed by atoms with van der Waals surface area (Å²) >= 11 is 0. The number of rotatable bonds is 5. The molecule has 1 aromatic rings. The minimum Gasteiger partial charge on any atom is -0.229 e. The van der Waals surface area contributed by atoms with Gasteiger partial charge in [-0.3, -0.25) is 0 Å². The fraction of sp³-hybridized carbons (Fsp3) is 0.400. The number of nitrogens with zero attached hydrogens (tertiary/aromatic N) is 3. The lowest BCUT2D eigenvalue weighted by molar-refractivity contribution is 0.601. The zero-order valence-corrected chi connectivity index (χ0v) is 9.81. The highest BCUT2D eigenvalue weighted by Gasteiger charge is 2.03. The number of sulfone groups is 1. The highest BCUT2D eigenvalue weighted by molar-refractivity contribution is 7.89. The van der Waals surface area contributed by atoms with Crippen molar-refractivity contribution in [1.29, 1.82) is 0 Å². The van der Waals surface area contributed by atoms with Crippen molar-refractivity contribution in [3.05, 3.63) is 45.8 Å². The van der Waals surface area contributed by atoms with Gasteiger partial charge in [-0.2, -0.15) is 0 Å². The maximum absolute atomic E-state index is 11.0. The van der Waals surface area contributed by atoms with E-state index < -0.39 is 9.84 Å². The van der Waals surface area contributed by atoms with Crippen molar-refractivity contribution in [1.82, 2.24) is 0 Å². The molecule has 0 aliphatic carbocycles. The Morgan fingerprint density at radius 3 is 2.31 bits per heavy atom. The fourth-order valence-electron chi connectivity index (χ4n) is 1.33. The average molecular weight is 239 g/mol. The van der Waals surface area contributed by atoms with Crippen molar-refractivity contribution in [2.75, 3.05) is 12.8 Å². The molecule has 0 radical (unpaired) electrons. The number of hydrogen-bond donors (Lipinski definition) is 0. The molecule has 0 bridgehead atoms. The first-order valence-electron chi connectivity index (χ1n) is 4.77.